The average molecular weight is 433 g/mol. The van der Waals surface area contributed by atoms with Crippen molar-refractivity contribution in [2.75, 3.05) is 22.7 Å². The number of hydrogen-bond acceptors (Lipinski definition) is 5. The summed E-state index contributed by atoms with van der Waals surface area (Å²) in [6.07, 6.45) is 7.10. The van der Waals surface area contributed by atoms with Crippen LogP contribution in [-0.4, -0.2) is 36.3 Å². The summed E-state index contributed by atoms with van der Waals surface area (Å²) in [7, 11) is -3.98. The fourth-order valence-electron chi connectivity index (χ4n) is 3.50. The second-order valence-electron chi connectivity index (χ2n) is 7.33. The number of aryl methyl sites for hydroxylation is 1. The van der Waals surface area contributed by atoms with Gasteiger partial charge in [-0.25, -0.2) is 22.2 Å². The van der Waals surface area contributed by atoms with Gasteiger partial charge in [-0.2, -0.15) is 5.10 Å². The van der Waals surface area contributed by atoms with Gasteiger partial charge in [0.2, 0.25) is 0 Å². The molecule has 3 aromatic rings. The molecule has 1 aromatic carbocycles. The molecule has 0 spiro atoms. The average Bonchev–Trinajstić information content (AvgIpc) is 3.17. The summed E-state index contributed by atoms with van der Waals surface area (Å²) < 4.78 is 55.6. The van der Waals surface area contributed by atoms with E-state index in [1.165, 1.54) is 12.3 Å². The van der Waals surface area contributed by atoms with Gasteiger partial charge in [0, 0.05) is 31.5 Å². The fourth-order valence-corrected chi connectivity index (χ4v) is 4.50. The van der Waals surface area contributed by atoms with Gasteiger partial charge in [-0.3, -0.25) is 9.40 Å². The van der Waals surface area contributed by atoms with Crippen LogP contribution in [0.15, 0.2) is 53.8 Å². The van der Waals surface area contributed by atoms with Crippen LogP contribution in [0.1, 0.15) is 24.4 Å². The van der Waals surface area contributed by atoms with Gasteiger partial charge in [-0.05, 0) is 49.6 Å². The maximum Gasteiger partial charge on any atom is 0.263 e. The minimum absolute atomic E-state index is 0.0627. The molecule has 7 nitrogen and oxygen atoms in total. The summed E-state index contributed by atoms with van der Waals surface area (Å²) in [5.74, 6) is -1.50. The van der Waals surface area contributed by atoms with Crippen LogP contribution in [0, 0.1) is 18.6 Å². The number of pyridine rings is 1. The molecule has 1 saturated heterocycles. The fraction of sp³-hybridized carbons (Fsp3) is 0.300. The zero-order chi connectivity index (χ0) is 21.3. The molecule has 4 rings (SSSR count). The van der Waals surface area contributed by atoms with E-state index >= 15 is 0 Å². The summed E-state index contributed by atoms with van der Waals surface area (Å²) in [5, 5.41) is 4.40. The Morgan fingerprint density at radius 2 is 1.97 bits per heavy atom. The molecule has 10 heteroatoms. The van der Waals surface area contributed by atoms with Gasteiger partial charge < -0.3 is 4.90 Å². The van der Waals surface area contributed by atoms with E-state index in [4.69, 9.17) is 0 Å². The molecule has 1 unspecified atom stereocenters. The molecular formula is C20H21F2N5O2S. The van der Waals surface area contributed by atoms with Crippen LogP contribution in [0.4, 0.5) is 20.3 Å². The SMILES string of the molecule is Cc1cnn(C2CCCN(c3ccc(S(=O)(=O)Nc4ccc(F)c(F)c4)cn3)C2)c1. The number of nitrogens with zero attached hydrogens (tertiary/aromatic N) is 4. The van der Waals surface area contributed by atoms with Crippen LogP contribution < -0.4 is 9.62 Å². The van der Waals surface area contributed by atoms with E-state index in [1.807, 2.05) is 24.0 Å². The van der Waals surface area contributed by atoms with Gasteiger partial charge in [0.05, 0.1) is 17.9 Å². The summed E-state index contributed by atoms with van der Waals surface area (Å²) in [4.78, 5) is 6.36. The molecule has 1 aliphatic rings. The molecule has 2 aromatic heterocycles. The van der Waals surface area contributed by atoms with Crippen LogP contribution in [0.3, 0.4) is 0 Å². The normalized spacial score (nSPS) is 17.2. The number of aromatic nitrogens is 3. The number of rotatable bonds is 5. The first-order chi connectivity index (χ1) is 14.3. The molecule has 0 bridgehead atoms. The van der Waals surface area contributed by atoms with Gasteiger partial charge in [0.25, 0.3) is 10.0 Å². The van der Waals surface area contributed by atoms with E-state index in [0.717, 1.165) is 49.7 Å². The third-order valence-corrected chi connectivity index (χ3v) is 6.39. The molecule has 0 aliphatic carbocycles. The molecule has 1 fully saturated rings. The van der Waals surface area contributed by atoms with Crippen molar-refractivity contribution in [1.29, 1.82) is 0 Å². The first-order valence-electron chi connectivity index (χ1n) is 9.51. The summed E-state index contributed by atoms with van der Waals surface area (Å²) in [6, 6.07) is 6.14. The molecule has 158 valence electrons. The van der Waals surface area contributed by atoms with Crippen molar-refractivity contribution in [2.45, 2.75) is 30.7 Å². The van der Waals surface area contributed by atoms with Crippen molar-refractivity contribution in [2.24, 2.45) is 0 Å². The van der Waals surface area contributed by atoms with Crippen molar-refractivity contribution < 1.29 is 17.2 Å². The molecule has 1 atom stereocenters. The summed E-state index contributed by atoms with van der Waals surface area (Å²) >= 11 is 0. The van der Waals surface area contributed by atoms with Gasteiger partial charge in [0.1, 0.15) is 10.7 Å². The minimum atomic E-state index is -3.98. The van der Waals surface area contributed by atoms with Crippen LogP contribution in [0.2, 0.25) is 0 Å². The number of benzene rings is 1. The van der Waals surface area contributed by atoms with Crippen LogP contribution in [0.5, 0.6) is 0 Å². The molecular weight excluding hydrogens is 412 g/mol. The Hall–Kier alpha value is -3.01. The number of piperidine rings is 1. The zero-order valence-corrected chi connectivity index (χ0v) is 17.1. The van der Waals surface area contributed by atoms with E-state index in [-0.39, 0.29) is 16.6 Å². The molecule has 3 heterocycles. The second-order valence-corrected chi connectivity index (χ2v) is 9.01. The minimum Gasteiger partial charge on any atom is -0.354 e. The largest absolute Gasteiger partial charge is 0.354 e. The third-order valence-electron chi connectivity index (χ3n) is 5.03. The van der Waals surface area contributed by atoms with Gasteiger partial charge in [0.15, 0.2) is 11.6 Å². The Labute approximate surface area is 173 Å². The molecule has 1 aliphatic heterocycles. The molecule has 0 saturated carbocycles. The highest BCUT2D eigenvalue weighted by Gasteiger charge is 2.23. The molecule has 1 N–H and O–H groups in total. The molecule has 30 heavy (non-hydrogen) atoms. The predicted molar refractivity (Wildman–Crippen MR) is 109 cm³/mol. The van der Waals surface area contributed by atoms with Crippen molar-refractivity contribution in [3.8, 4) is 0 Å². The first-order valence-corrected chi connectivity index (χ1v) is 11.0. The van der Waals surface area contributed by atoms with E-state index in [9.17, 15) is 17.2 Å². The lowest BCUT2D eigenvalue weighted by Gasteiger charge is -2.33. The maximum atomic E-state index is 13.3. The van der Waals surface area contributed by atoms with E-state index in [2.05, 4.69) is 19.7 Å². The monoisotopic (exact) mass is 433 g/mol. The zero-order valence-electron chi connectivity index (χ0n) is 16.3. The number of nitrogens with one attached hydrogen (secondary N) is 1. The highest BCUT2D eigenvalue weighted by atomic mass is 32.2. The van der Waals surface area contributed by atoms with Crippen molar-refractivity contribution in [3.63, 3.8) is 0 Å². The lowest BCUT2D eigenvalue weighted by Crippen LogP contribution is -2.37. The lowest BCUT2D eigenvalue weighted by atomic mass is 10.1. The predicted octanol–water partition coefficient (Wildman–Crippen LogP) is 3.51. The van der Waals surface area contributed by atoms with Crippen molar-refractivity contribution in [3.05, 3.63) is 66.1 Å². The van der Waals surface area contributed by atoms with Crippen LogP contribution in [0.25, 0.3) is 0 Å². The van der Waals surface area contributed by atoms with Crippen molar-refractivity contribution in [1.82, 2.24) is 14.8 Å². The van der Waals surface area contributed by atoms with E-state index < -0.39 is 21.7 Å². The molecule has 0 amide bonds. The quantitative estimate of drug-likeness (QED) is 0.666. The number of hydrogen-bond donors (Lipinski definition) is 1. The first kappa shape index (κ1) is 20.3. The van der Waals surface area contributed by atoms with Crippen LogP contribution >= 0.6 is 0 Å². The second kappa shape index (κ2) is 8.02. The Balaban J connectivity index is 1.48. The number of anilines is 2. The lowest BCUT2D eigenvalue weighted by molar-refractivity contribution is 0.374. The Morgan fingerprint density at radius 3 is 2.63 bits per heavy atom. The van der Waals surface area contributed by atoms with E-state index in [0.29, 0.717) is 5.82 Å². The number of halogens is 2. The smallest absolute Gasteiger partial charge is 0.263 e. The standard InChI is InChI=1S/C20H21F2N5O2S/c1-14-10-24-27(12-14)16-3-2-8-26(13-16)20-7-5-17(11-23-20)30(28,29)25-15-4-6-18(21)19(22)9-15/h4-7,9-12,16,25H,2-3,8,13H2,1H3. The Kier molecular flexibility index (Phi) is 5.42. The Bertz CT molecular complexity index is 1150. The van der Waals surface area contributed by atoms with Gasteiger partial charge in [-0.15, -0.1) is 0 Å². The summed E-state index contributed by atoms with van der Waals surface area (Å²) in [6.45, 7) is 3.55. The van der Waals surface area contributed by atoms with Crippen molar-refractivity contribution >= 4 is 21.5 Å². The van der Waals surface area contributed by atoms with Gasteiger partial charge >= 0.3 is 0 Å². The third kappa shape index (κ3) is 4.28. The summed E-state index contributed by atoms with van der Waals surface area (Å²) in [5.41, 5.74) is 1.04. The van der Waals surface area contributed by atoms with Gasteiger partial charge in [-0.1, -0.05) is 0 Å². The number of sulfonamides is 1. The highest BCUT2D eigenvalue weighted by Crippen LogP contribution is 2.26. The van der Waals surface area contributed by atoms with E-state index in [1.54, 1.807) is 6.07 Å². The van der Waals surface area contributed by atoms with Crippen LogP contribution in [-0.2, 0) is 10.0 Å². The topological polar surface area (TPSA) is 80.1 Å². The Morgan fingerprint density at radius 1 is 1.13 bits per heavy atom. The highest BCUT2D eigenvalue weighted by molar-refractivity contribution is 7.92. The maximum absolute atomic E-state index is 13.3. The molecule has 0 radical (unpaired) electrons.